The predicted molar refractivity (Wildman–Crippen MR) is 93.4 cm³/mol. The standard InChI is InChI=1S/C18H18N2O3S/c1-12-4-5-13(2)17(10-12)15-6-8-16(9-7-15)24(21,22)20-18-11-14(3)23-19-18/h4-11H,1-3H3,(H,19,20). The molecule has 24 heavy (non-hydrogen) atoms. The van der Waals surface area contributed by atoms with Gasteiger partial charge in [-0.15, -0.1) is 0 Å². The Labute approximate surface area is 141 Å². The van der Waals surface area contributed by atoms with Crippen LogP contribution in [0.2, 0.25) is 0 Å². The Hall–Kier alpha value is -2.60. The number of hydrogen-bond acceptors (Lipinski definition) is 4. The predicted octanol–water partition coefficient (Wildman–Crippen LogP) is 4.07. The molecule has 0 bridgehead atoms. The highest BCUT2D eigenvalue weighted by atomic mass is 32.2. The van der Waals surface area contributed by atoms with E-state index in [1.165, 1.54) is 6.07 Å². The van der Waals surface area contributed by atoms with Gasteiger partial charge in [-0.2, -0.15) is 0 Å². The third kappa shape index (κ3) is 3.33. The van der Waals surface area contributed by atoms with Gasteiger partial charge in [0.15, 0.2) is 5.82 Å². The van der Waals surface area contributed by atoms with Crippen LogP contribution >= 0.6 is 0 Å². The second-order valence-corrected chi connectivity index (χ2v) is 7.45. The minimum atomic E-state index is -3.69. The van der Waals surface area contributed by atoms with Crippen molar-refractivity contribution in [2.24, 2.45) is 0 Å². The van der Waals surface area contributed by atoms with E-state index in [4.69, 9.17) is 4.52 Å². The Balaban J connectivity index is 1.90. The Morgan fingerprint density at radius 1 is 0.958 bits per heavy atom. The van der Waals surface area contributed by atoms with Crippen LogP contribution in [0.3, 0.4) is 0 Å². The topological polar surface area (TPSA) is 72.2 Å². The Kier molecular flexibility index (Phi) is 4.15. The average Bonchev–Trinajstić information content (AvgIpc) is 2.94. The van der Waals surface area contributed by atoms with Crippen LogP contribution in [0.1, 0.15) is 16.9 Å². The molecule has 1 N–H and O–H groups in total. The fourth-order valence-electron chi connectivity index (χ4n) is 2.47. The lowest BCUT2D eigenvalue weighted by Gasteiger charge is -2.09. The molecule has 3 aromatic rings. The molecule has 124 valence electrons. The lowest BCUT2D eigenvalue weighted by Crippen LogP contribution is -2.13. The molecule has 1 aromatic heterocycles. The SMILES string of the molecule is Cc1ccc(C)c(-c2ccc(S(=O)(=O)Nc3cc(C)on3)cc2)c1. The highest BCUT2D eigenvalue weighted by molar-refractivity contribution is 7.92. The first-order valence-electron chi connectivity index (χ1n) is 7.49. The van der Waals surface area contributed by atoms with Gasteiger partial charge in [-0.05, 0) is 49.6 Å². The van der Waals surface area contributed by atoms with Crippen LogP contribution < -0.4 is 4.72 Å². The molecule has 0 aliphatic rings. The molecule has 0 atom stereocenters. The van der Waals surface area contributed by atoms with Gasteiger partial charge in [-0.25, -0.2) is 8.42 Å². The first kappa shape index (κ1) is 16.3. The van der Waals surface area contributed by atoms with Crippen molar-refractivity contribution in [1.29, 1.82) is 0 Å². The molecule has 0 fully saturated rings. The number of aryl methyl sites for hydroxylation is 3. The zero-order valence-electron chi connectivity index (χ0n) is 13.7. The molecule has 1 heterocycles. The molecule has 0 spiro atoms. The highest BCUT2D eigenvalue weighted by Crippen LogP contribution is 2.26. The number of aromatic nitrogens is 1. The molecule has 0 amide bonds. The number of rotatable bonds is 4. The third-order valence-electron chi connectivity index (χ3n) is 3.74. The Bertz CT molecular complexity index is 974. The van der Waals surface area contributed by atoms with Crippen LogP contribution in [0, 0.1) is 20.8 Å². The average molecular weight is 342 g/mol. The lowest BCUT2D eigenvalue weighted by atomic mass is 9.99. The molecule has 0 radical (unpaired) electrons. The number of nitrogens with one attached hydrogen (secondary N) is 1. The summed E-state index contributed by atoms with van der Waals surface area (Å²) < 4.78 is 32.0. The molecule has 0 saturated heterocycles. The van der Waals surface area contributed by atoms with Crippen LogP contribution in [0.25, 0.3) is 11.1 Å². The fraction of sp³-hybridized carbons (Fsp3) is 0.167. The van der Waals surface area contributed by atoms with E-state index in [0.717, 1.165) is 22.3 Å². The first-order chi connectivity index (χ1) is 11.3. The maximum absolute atomic E-state index is 12.4. The van der Waals surface area contributed by atoms with Crippen molar-refractivity contribution in [3.8, 4) is 11.1 Å². The van der Waals surface area contributed by atoms with E-state index in [1.807, 2.05) is 26.0 Å². The van der Waals surface area contributed by atoms with Gasteiger partial charge in [-0.1, -0.05) is 41.1 Å². The first-order valence-corrected chi connectivity index (χ1v) is 8.97. The number of hydrogen-bond donors (Lipinski definition) is 1. The van der Waals surface area contributed by atoms with Crippen molar-refractivity contribution in [1.82, 2.24) is 5.16 Å². The second kappa shape index (κ2) is 6.13. The summed E-state index contributed by atoms with van der Waals surface area (Å²) in [5.41, 5.74) is 4.38. The van der Waals surface area contributed by atoms with Crippen molar-refractivity contribution in [3.63, 3.8) is 0 Å². The van der Waals surface area contributed by atoms with Crippen molar-refractivity contribution in [2.75, 3.05) is 4.72 Å². The van der Waals surface area contributed by atoms with Crippen molar-refractivity contribution >= 4 is 15.8 Å². The molecule has 6 heteroatoms. The van der Waals surface area contributed by atoms with Crippen molar-refractivity contribution in [2.45, 2.75) is 25.7 Å². The van der Waals surface area contributed by atoms with Gasteiger partial charge in [0, 0.05) is 6.07 Å². The quantitative estimate of drug-likeness (QED) is 0.776. The van der Waals surface area contributed by atoms with E-state index in [2.05, 4.69) is 28.1 Å². The molecule has 0 aliphatic carbocycles. The summed E-state index contributed by atoms with van der Waals surface area (Å²) in [7, 11) is -3.69. The van der Waals surface area contributed by atoms with E-state index >= 15 is 0 Å². The summed E-state index contributed by atoms with van der Waals surface area (Å²) in [6, 6.07) is 14.5. The third-order valence-corrected chi connectivity index (χ3v) is 5.11. The minimum absolute atomic E-state index is 0.172. The van der Waals surface area contributed by atoms with Gasteiger partial charge in [0.25, 0.3) is 10.0 Å². The largest absolute Gasteiger partial charge is 0.360 e. The molecule has 5 nitrogen and oxygen atoms in total. The van der Waals surface area contributed by atoms with E-state index in [-0.39, 0.29) is 10.7 Å². The van der Waals surface area contributed by atoms with E-state index < -0.39 is 10.0 Å². The summed E-state index contributed by atoms with van der Waals surface area (Å²) in [6.07, 6.45) is 0. The molecule has 0 aliphatic heterocycles. The monoisotopic (exact) mass is 342 g/mol. The zero-order chi connectivity index (χ0) is 17.3. The molecular weight excluding hydrogens is 324 g/mol. The molecule has 3 rings (SSSR count). The van der Waals surface area contributed by atoms with Crippen LogP contribution in [0.15, 0.2) is 57.9 Å². The van der Waals surface area contributed by atoms with Crippen molar-refractivity contribution in [3.05, 3.63) is 65.4 Å². The van der Waals surface area contributed by atoms with Gasteiger partial charge in [-0.3, -0.25) is 4.72 Å². The summed E-state index contributed by atoms with van der Waals surface area (Å²) in [5.74, 6) is 0.712. The highest BCUT2D eigenvalue weighted by Gasteiger charge is 2.16. The van der Waals surface area contributed by atoms with E-state index in [0.29, 0.717) is 5.76 Å². The summed E-state index contributed by atoms with van der Waals surface area (Å²) in [5, 5.41) is 3.65. The Morgan fingerprint density at radius 3 is 2.29 bits per heavy atom. The van der Waals surface area contributed by atoms with E-state index in [1.54, 1.807) is 19.1 Å². The van der Waals surface area contributed by atoms with Crippen LogP contribution in [0.5, 0.6) is 0 Å². The normalized spacial score (nSPS) is 11.5. The minimum Gasteiger partial charge on any atom is -0.360 e. The smallest absolute Gasteiger partial charge is 0.263 e. The lowest BCUT2D eigenvalue weighted by molar-refractivity contribution is 0.400. The van der Waals surface area contributed by atoms with Crippen LogP contribution in [0.4, 0.5) is 5.82 Å². The number of sulfonamides is 1. The van der Waals surface area contributed by atoms with Crippen molar-refractivity contribution < 1.29 is 12.9 Å². The van der Waals surface area contributed by atoms with E-state index in [9.17, 15) is 8.42 Å². The zero-order valence-corrected chi connectivity index (χ0v) is 14.5. The van der Waals surface area contributed by atoms with Gasteiger partial charge < -0.3 is 4.52 Å². The van der Waals surface area contributed by atoms with Gasteiger partial charge in [0.05, 0.1) is 4.90 Å². The second-order valence-electron chi connectivity index (χ2n) is 5.77. The van der Waals surface area contributed by atoms with Gasteiger partial charge >= 0.3 is 0 Å². The van der Waals surface area contributed by atoms with Crippen LogP contribution in [-0.2, 0) is 10.0 Å². The van der Waals surface area contributed by atoms with Gasteiger partial charge in [0.1, 0.15) is 5.76 Å². The summed E-state index contributed by atoms with van der Waals surface area (Å²) >= 11 is 0. The summed E-state index contributed by atoms with van der Waals surface area (Å²) in [4.78, 5) is 0.178. The number of anilines is 1. The Morgan fingerprint density at radius 2 is 1.67 bits per heavy atom. The maximum Gasteiger partial charge on any atom is 0.263 e. The van der Waals surface area contributed by atoms with Gasteiger partial charge in [0.2, 0.25) is 0 Å². The van der Waals surface area contributed by atoms with Crippen LogP contribution in [-0.4, -0.2) is 13.6 Å². The molecule has 2 aromatic carbocycles. The fourth-order valence-corrected chi connectivity index (χ4v) is 3.46. The molecular formula is C18H18N2O3S. The summed E-state index contributed by atoms with van der Waals surface area (Å²) in [6.45, 7) is 5.77. The maximum atomic E-state index is 12.4. The molecule has 0 saturated carbocycles. The number of benzene rings is 2. The molecule has 0 unspecified atom stereocenters. The number of nitrogens with zero attached hydrogens (tertiary/aromatic N) is 1.